The van der Waals surface area contributed by atoms with Gasteiger partial charge in [0.15, 0.2) is 0 Å². The van der Waals surface area contributed by atoms with E-state index in [4.69, 9.17) is 17.3 Å². The molecule has 0 aliphatic rings. The Morgan fingerprint density at radius 3 is 2.45 bits per heavy atom. The second kappa shape index (κ2) is 4.94. The van der Waals surface area contributed by atoms with Crippen LogP contribution in [0.25, 0.3) is 11.3 Å². The van der Waals surface area contributed by atoms with Crippen LogP contribution >= 0.6 is 11.6 Å². The lowest BCUT2D eigenvalue weighted by Gasteiger charge is -2.12. The fourth-order valence-corrected chi connectivity index (χ4v) is 1.97. The van der Waals surface area contributed by atoms with Crippen LogP contribution in [0.5, 0.6) is 0 Å². The van der Waals surface area contributed by atoms with Crippen molar-refractivity contribution in [1.82, 2.24) is 4.98 Å². The summed E-state index contributed by atoms with van der Waals surface area (Å²) in [5, 5.41) is 0.235. The molecule has 0 amide bonds. The SMILES string of the molecule is Cc1c(-c2ccc(C(F)(F)F)c(F)c2)ncc(Cl)c1N. The molecule has 0 spiro atoms. The molecule has 106 valence electrons. The highest BCUT2D eigenvalue weighted by Gasteiger charge is 2.34. The summed E-state index contributed by atoms with van der Waals surface area (Å²) in [5.74, 6) is -1.36. The predicted molar refractivity (Wildman–Crippen MR) is 68.8 cm³/mol. The van der Waals surface area contributed by atoms with E-state index in [1.54, 1.807) is 6.92 Å². The van der Waals surface area contributed by atoms with Crippen molar-refractivity contribution in [3.8, 4) is 11.3 Å². The minimum atomic E-state index is -4.73. The lowest BCUT2D eigenvalue weighted by Crippen LogP contribution is -2.08. The molecule has 2 rings (SSSR count). The number of nitrogen functional groups attached to an aromatic ring is 1. The predicted octanol–water partition coefficient (Wildman–Crippen LogP) is 4.45. The van der Waals surface area contributed by atoms with Crippen LogP contribution in [-0.4, -0.2) is 4.98 Å². The summed E-state index contributed by atoms with van der Waals surface area (Å²) in [6.07, 6.45) is -3.46. The Morgan fingerprint density at radius 2 is 1.90 bits per heavy atom. The van der Waals surface area contributed by atoms with Gasteiger partial charge in [0, 0.05) is 11.8 Å². The molecule has 1 aromatic carbocycles. The molecule has 0 saturated heterocycles. The van der Waals surface area contributed by atoms with Crippen LogP contribution in [0.15, 0.2) is 24.4 Å². The molecule has 0 aliphatic heterocycles. The average Bonchev–Trinajstić information content (AvgIpc) is 2.34. The van der Waals surface area contributed by atoms with Crippen LogP contribution in [-0.2, 0) is 6.18 Å². The van der Waals surface area contributed by atoms with E-state index < -0.39 is 17.6 Å². The third kappa shape index (κ3) is 2.56. The summed E-state index contributed by atoms with van der Waals surface area (Å²) < 4.78 is 51.0. The zero-order valence-corrected chi connectivity index (χ0v) is 11.0. The fourth-order valence-electron chi connectivity index (χ4n) is 1.78. The van der Waals surface area contributed by atoms with E-state index in [1.807, 2.05) is 0 Å². The Bertz CT molecular complexity index is 668. The first kappa shape index (κ1) is 14.6. The molecule has 0 bridgehead atoms. The van der Waals surface area contributed by atoms with Crippen molar-refractivity contribution in [1.29, 1.82) is 0 Å². The minimum absolute atomic E-state index is 0.205. The maximum Gasteiger partial charge on any atom is 0.419 e. The van der Waals surface area contributed by atoms with Gasteiger partial charge in [0.05, 0.1) is 22.0 Å². The van der Waals surface area contributed by atoms with Gasteiger partial charge in [0.2, 0.25) is 0 Å². The molecular weight excluding hydrogens is 296 g/mol. The molecule has 0 atom stereocenters. The largest absolute Gasteiger partial charge is 0.419 e. The number of alkyl halides is 3. The Balaban J connectivity index is 2.56. The first-order valence-corrected chi connectivity index (χ1v) is 5.87. The second-order valence-electron chi connectivity index (χ2n) is 4.19. The monoisotopic (exact) mass is 304 g/mol. The number of rotatable bonds is 1. The van der Waals surface area contributed by atoms with Crippen LogP contribution in [0.4, 0.5) is 23.2 Å². The summed E-state index contributed by atoms with van der Waals surface area (Å²) in [6.45, 7) is 1.61. The van der Waals surface area contributed by atoms with Gasteiger partial charge in [0.25, 0.3) is 0 Å². The van der Waals surface area contributed by atoms with Gasteiger partial charge in [-0.25, -0.2) is 4.39 Å². The summed E-state index contributed by atoms with van der Waals surface area (Å²) in [5.41, 5.74) is 5.63. The number of nitrogens with zero attached hydrogens (tertiary/aromatic N) is 1. The minimum Gasteiger partial charge on any atom is -0.397 e. The molecule has 0 aliphatic carbocycles. The molecule has 1 aromatic heterocycles. The zero-order valence-electron chi connectivity index (χ0n) is 10.2. The average molecular weight is 305 g/mol. The van der Waals surface area contributed by atoms with Crippen LogP contribution in [0, 0.1) is 12.7 Å². The number of pyridine rings is 1. The number of nitrogens with two attached hydrogens (primary N) is 1. The third-order valence-corrected chi connectivity index (χ3v) is 3.17. The van der Waals surface area contributed by atoms with Crippen LogP contribution in [0.2, 0.25) is 5.02 Å². The van der Waals surface area contributed by atoms with Crippen molar-refractivity contribution in [2.45, 2.75) is 13.1 Å². The number of hydrogen-bond donors (Lipinski definition) is 1. The van der Waals surface area contributed by atoms with Crippen LogP contribution in [0.1, 0.15) is 11.1 Å². The fraction of sp³-hybridized carbons (Fsp3) is 0.154. The van der Waals surface area contributed by atoms with Crippen molar-refractivity contribution in [2.24, 2.45) is 0 Å². The third-order valence-electron chi connectivity index (χ3n) is 2.87. The van der Waals surface area contributed by atoms with Gasteiger partial charge in [-0.3, -0.25) is 4.98 Å². The van der Waals surface area contributed by atoms with Gasteiger partial charge in [-0.2, -0.15) is 13.2 Å². The molecule has 7 heteroatoms. The molecule has 1 heterocycles. The zero-order chi connectivity index (χ0) is 15.1. The molecule has 0 radical (unpaired) electrons. The maximum atomic E-state index is 13.5. The smallest absolute Gasteiger partial charge is 0.397 e. The highest BCUT2D eigenvalue weighted by Crippen LogP contribution is 2.35. The van der Waals surface area contributed by atoms with Crippen molar-refractivity contribution in [3.63, 3.8) is 0 Å². The van der Waals surface area contributed by atoms with Gasteiger partial charge in [-0.15, -0.1) is 0 Å². The molecular formula is C13H9ClF4N2. The Morgan fingerprint density at radius 1 is 1.25 bits per heavy atom. The van der Waals surface area contributed by atoms with Gasteiger partial charge in [-0.05, 0) is 24.6 Å². The van der Waals surface area contributed by atoms with E-state index in [-0.39, 0.29) is 16.3 Å². The lowest BCUT2D eigenvalue weighted by molar-refractivity contribution is -0.139. The topological polar surface area (TPSA) is 38.9 Å². The highest BCUT2D eigenvalue weighted by atomic mass is 35.5. The number of halogens is 5. The van der Waals surface area contributed by atoms with E-state index in [9.17, 15) is 17.6 Å². The molecule has 20 heavy (non-hydrogen) atoms. The lowest BCUT2D eigenvalue weighted by atomic mass is 10.0. The van der Waals surface area contributed by atoms with E-state index in [0.717, 1.165) is 12.1 Å². The first-order chi connectivity index (χ1) is 9.21. The number of benzene rings is 1. The van der Waals surface area contributed by atoms with Crippen molar-refractivity contribution >= 4 is 17.3 Å². The second-order valence-corrected chi connectivity index (χ2v) is 4.59. The van der Waals surface area contributed by atoms with Gasteiger partial charge < -0.3 is 5.73 Å². The van der Waals surface area contributed by atoms with Gasteiger partial charge in [0.1, 0.15) is 5.82 Å². The first-order valence-electron chi connectivity index (χ1n) is 5.49. The quantitative estimate of drug-likeness (QED) is 0.791. The standard InChI is InChI=1S/C13H9ClF4N2/c1-6-11(19)9(14)5-20-12(6)7-2-3-8(10(15)4-7)13(16,17)18/h2-5H,1H3,(H2,19,20). The van der Waals surface area contributed by atoms with Gasteiger partial charge in [-0.1, -0.05) is 17.7 Å². The number of aromatic nitrogens is 1. The van der Waals surface area contributed by atoms with Crippen molar-refractivity contribution in [3.05, 3.63) is 46.4 Å². The van der Waals surface area contributed by atoms with E-state index >= 15 is 0 Å². The molecule has 2 nitrogen and oxygen atoms in total. The summed E-state index contributed by atoms with van der Waals surface area (Å²) in [4.78, 5) is 3.98. The summed E-state index contributed by atoms with van der Waals surface area (Å²) in [6, 6.07) is 2.61. The van der Waals surface area contributed by atoms with Crippen LogP contribution in [0.3, 0.4) is 0 Å². The highest BCUT2D eigenvalue weighted by molar-refractivity contribution is 6.33. The van der Waals surface area contributed by atoms with E-state index in [0.29, 0.717) is 17.3 Å². The summed E-state index contributed by atoms with van der Waals surface area (Å²) >= 11 is 5.78. The molecule has 2 N–H and O–H groups in total. The van der Waals surface area contributed by atoms with E-state index in [2.05, 4.69) is 4.98 Å². The number of hydrogen-bond acceptors (Lipinski definition) is 2. The maximum absolute atomic E-state index is 13.5. The Hall–Kier alpha value is -1.82. The summed E-state index contributed by atoms with van der Waals surface area (Å²) in [7, 11) is 0. The Labute approximate surface area is 117 Å². The number of anilines is 1. The molecule has 0 saturated carbocycles. The molecule has 0 unspecified atom stereocenters. The normalized spacial score (nSPS) is 11.7. The van der Waals surface area contributed by atoms with Crippen molar-refractivity contribution < 1.29 is 17.6 Å². The Kier molecular flexibility index (Phi) is 3.60. The van der Waals surface area contributed by atoms with Crippen LogP contribution < -0.4 is 5.73 Å². The van der Waals surface area contributed by atoms with Gasteiger partial charge >= 0.3 is 6.18 Å². The van der Waals surface area contributed by atoms with E-state index in [1.165, 1.54) is 6.20 Å². The molecule has 0 fully saturated rings. The molecule has 2 aromatic rings. The van der Waals surface area contributed by atoms with Crippen molar-refractivity contribution in [2.75, 3.05) is 5.73 Å².